The van der Waals surface area contributed by atoms with E-state index in [0.29, 0.717) is 0 Å². The largest absolute Gasteiger partial charge is 0.341 e. The van der Waals surface area contributed by atoms with E-state index in [4.69, 9.17) is 5.26 Å². The van der Waals surface area contributed by atoms with E-state index in [0.717, 1.165) is 29.8 Å². The average Bonchev–Trinajstić information content (AvgIpc) is 2.49. The molecule has 2 nitrogen and oxygen atoms in total. The predicted molar refractivity (Wildman–Crippen MR) is 84.3 cm³/mol. The summed E-state index contributed by atoms with van der Waals surface area (Å²) in [6.07, 6.45) is 2.31. The number of para-hydroxylation sites is 1. The minimum Gasteiger partial charge on any atom is -0.341 e. The van der Waals surface area contributed by atoms with Crippen molar-refractivity contribution < 1.29 is 0 Å². The van der Waals surface area contributed by atoms with Crippen LogP contribution in [0, 0.1) is 18.3 Å². The molecule has 0 fully saturated rings. The van der Waals surface area contributed by atoms with E-state index in [1.165, 1.54) is 12.1 Å². The van der Waals surface area contributed by atoms with Crippen LogP contribution >= 0.6 is 0 Å². The van der Waals surface area contributed by atoms with Crippen LogP contribution in [0.25, 0.3) is 0 Å². The highest BCUT2D eigenvalue weighted by Gasteiger charge is 2.09. The van der Waals surface area contributed by atoms with Crippen molar-refractivity contribution in [2.75, 3.05) is 11.4 Å². The molecule has 0 N–H and O–H groups in total. The van der Waals surface area contributed by atoms with Gasteiger partial charge in [0, 0.05) is 17.9 Å². The monoisotopic (exact) mass is 264 g/mol. The van der Waals surface area contributed by atoms with Gasteiger partial charge in [0.15, 0.2) is 0 Å². The van der Waals surface area contributed by atoms with Gasteiger partial charge in [-0.1, -0.05) is 31.5 Å². The molecule has 2 rings (SSSR count). The van der Waals surface area contributed by atoms with E-state index in [2.05, 4.69) is 48.2 Å². The van der Waals surface area contributed by atoms with Gasteiger partial charge in [0.05, 0.1) is 11.6 Å². The van der Waals surface area contributed by atoms with E-state index < -0.39 is 0 Å². The zero-order valence-electron chi connectivity index (χ0n) is 12.1. The standard InChI is InChI=1S/C18H20N2/c1-3-4-12-20(17-8-6-5-7-9-17)18-11-10-16(14-19)15(2)13-18/h5-11,13H,3-4,12H2,1-2H3. The predicted octanol–water partition coefficient (Wildman–Crippen LogP) is 4.80. The molecule has 2 heteroatoms. The Morgan fingerprint density at radius 1 is 1.05 bits per heavy atom. The van der Waals surface area contributed by atoms with Gasteiger partial charge in [0.1, 0.15) is 0 Å². The lowest BCUT2D eigenvalue weighted by atomic mass is 10.1. The maximum atomic E-state index is 9.04. The number of hydrogen-bond donors (Lipinski definition) is 0. The summed E-state index contributed by atoms with van der Waals surface area (Å²) in [6, 6.07) is 18.7. The molecule has 0 aromatic heterocycles. The number of unbranched alkanes of at least 4 members (excludes halogenated alkanes) is 1. The molecular weight excluding hydrogens is 244 g/mol. The molecule has 0 aliphatic heterocycles. The Morgan fingerprint density at radius 3 is 2.40 bits per heavy atom. The fourth-order valence-electron chi connectivity index (χ4n) is 2.27. The van der Waals surface area contributed by atoms with Gasteiger partial charge >= 0.3 is 0 Å². The van der Waals surface area contributed by atoms with Crippen LogP contribution in [0.4, 0.5) is 11.4 Å². The second-order valence-electron chi connectivity index (χ2n) is 4.95. The lowest BCUT2D eigenvalue weighted by Crippen LogP contribution is -2.18. The second-order valence-corrected chi connectivity index (χ2v) is 4.95. The summed E-state index contributed by atoms with van der Waals surface area (Å²) in [7, 11) is 0. The topological polar surface area (TPSA) is 27.0 Å². The van der Waals surface area contributed by atoms with Crippen molar-refractivity contribution >= 4 is 11.4 Å². The maximum absolute atomic E-state index is 9.04. The summed E-state index contributed by atoms with van der Waals surface area (Å²) in [5, 5.41) is 9.04. The van der Waals surface area contributed by atoms with Gasteiger partial charge in [-0.15, -0.1) is 0 Å². The Kier molecular flexibility index (Phi) is 4.79. The zero-order chi connectivity index (χ0) is 14.4. The molecule has 0 saturated carbocycles. The molecule has 0 unspecified atom stereocenters. The molecule has 0 amide bonds. The van der Waals surface area contributed by atoms with Crippen molar-refractivity contribution in [2.24, 2.45) is 0 Å². The van der Waals surface area contributed by atoms with E-state index in [-0.39, 0.29) is 0 Å². The first-order valence-electron chi connectivity index (χ1n) is 7.09. The first-order chi connectivity index (χ1) is 9.76. The highest BCUT2D eigenvalue weighted by Crippen LogP contribution is 2.27. The highest BCUT2D eigenvalue weighted by molar-refractivity contribution is 5.65. The normalized spacial score (nSPS) is 10.1. The Balaban J connectivity index is 2.36. The fraction of sp³-hybridized carbons (Fsp3) is 0.278. The molecule has 102 valence electrons. The molecule has 0 bridgehead atoms. The van der Waals surface area contributed by atoms with E-state index in [1.807, 2.05) is 25.1 Å². The molecule has 0 spiro atoms. The molecule has 0 saturated heterocycles. The van der Waals surface area contributed by atoms with Crippen LogP contribution < -0.4 is 4.90 Å². The minimum atomic E-state index is 0.747. The Morgan fingerprint density at radius 2 is 1.80 bits per heavy atom. The molecule has 0 aliphatic rings. The third-order valence-corrected chi connectivity index (χ3v) is 3.45. The summed E-state index contributed by atoms with van der Waals surface area (Å²) in [5.41, 5.74) is 4.13. The van der Waals surface area contributed by atoms with Gasteiger partial charge in [-0.25, -0.2) is 0 Å². The molecule has 20 heavy (non-hydrogen) atoms. The number of anilines is 2. The molecule has 2 aromatic rings. The Labute approximate surface area is 121 Å². The first-order valence-corrected chi connectivity index (χ1v) is 7.09. The van der Waals surface area contributed by atoms with Crippen LogP contribution in [-0.2, 0) is 0 Å². The summed E-state index contributed by atoms with van der Waals surface area (Å²) in [4.78, 5) is 2.32. The van der Waals surface area contributed by atoms with Crippen molar-refractivity contribution in [3.63, 3.8) is 0 Å². The molecule has 0 radical (unpaired) electrons. The lowest BCUT2D eigenvalue weighted by Gasteiger charge is -2.25. The highest BCUT2D eigenvalue weighted by atomic mass is 15.1. The number of nitriles is 1. The Bertz CT molecular complexity index is 597. The fourth-order valence-corrected chi connectivity index (χ4v) is 2.27. The number of rotatable bonds is 5. The number of aryl methyl sites for hydroxylation is 1. The second kappa shape index (κ2) is 6.77. The average molecular weight is 264 g/mol. The van der Waals surface area contributed by atoms with Crippen LogP contribution in [0.3, 0.4) is 0 Å². The van der Waals surface area contributed by atoms with Gasteiger partial charge in [0.25, 0.3) is 0 Å². The summed E-state index contributed by atoms with van der Waals surface area (Å²) < 4.78 is 0. The molecule has 0 aliphatic carbocycles. The van der Waals surface area contributed by atoms with Crippen molar-refractivity contribution in [2.45, 2.75) is 26.7 Å². The van der Waals surface area contributed by atoms with Crippen LogP contribution in [0.1, 0.15) is 30.9 Å². The number of nitrogens with zero attached hydrogens (tertiary/aromatic N) is 2. The van der Waals surface area contributed by atoms with Gasteiger partial charge in [-0.2, -0.15) is 5.26 Å². The third-order valence-electron chi connectivity index (χ3n) is 3.45. The molecule has 0 heterocycles. The van der Waals surface area contributed by atoms with Crippen molar-refractivity contribution in [3.8, 4) is 6.07 Å². The van der Waals surface area contributed by atoms with Crippen molar-refractivity contribution in [1.29, 1.82) is 5.26 Å². The SMILES string of the molecule is CCCCN(c1ccccc1)c1ccc(C#N)c(C)c1. The van der Waals surface area contributed by atoms with Crippen LogP contribution in [-0.4, -0.2) is 6.54 Å². The quantitative estimate of drug-likeness (QED) is 0.775. The maximum Gasteiger partial charge on any atom is 0.0994 e. The van der Waals surface area contributed by atoms with Gasteiger partial charge < -0.3 is 4.90 Å². The van der Waals surface area contributed by atoms with E-state index in [1.54, 1.807) is 0 Å². The van der Waals surface area contributed by atoms with Crippen molar-refractivity contribution in [1.82, 2.24) is 0 Å². The van der Waals surface area contributed by atoms with Gasteiger partial charge in [-0.3, -0.25) is 0 Å². The molecule has 0 atom stereocenters. The summed E-state index contributed by atoms with van der Waals surface area (Å²) in [5.74, 6) is 0. The third kappa shape index (κ3) is 3.19. The summed E-state index contributed by atoms with van der Waals surface area (Å²) >= 11 is 0. The first kappa shape index (κ1) is 14.1. The Hall–Kier alpha value is -2.27. The smallest absolute Gasteiger partial charge is 0.0994 e. The molecular formula is C18H20N2. The van der Waals surface area contributed by atoms with Gasteiger partial charge in [0.2, 0.25) is 0 Å². The zero-order valence-corrected chi connectivity index (χ0v) is 12.1. The van der Waals surface area contributed by atoms with Crippen molar-refractivity contribution in [3.05, 3.63) is 59.7 Å². The van der Waals surface area contributed by atoms with E-state index in [9.17, 15) is 0 Å². The van der Waals surface area contributed by atoms with E-state index >= 15 is 0 Å². The lowest BCUT2D eigenvalue weighted by molar-refractivity contribution is 0.785. The van der Waals surface area contributed by atoms with Crippen LogP contribution in [0.2, 0.25) is 0 Å². The number of hydrogen-bond acceptors (Lipinski definition) is 2. The summed E-state index contributed by atoms with van der Waals surface area (Å²) in [6.45, 7) is 5.18. The van der Waals surface area contributed by atoms with Gasteiger partial charge in [-0.05, 0) is 49.2 Å². The van der Waals surface area contributed by atoms with Crippen LogP contribution in [0.5, 0.6) is 0 Å². The molecule has 2 aromatic carbocycles. The minimum absolute atomic E-state index is 0.747. The van der Waals surface area contributed by atoms with Crippen LogP contribution in [0.15, 0.2) is 48.5 Å². The number of benzene rings is 2.